The number of amides is 1. The smallest absolute Gasteiger partial charge is 0.272 e. The zero-order valence-electron chi connectivity index (χ0n) is 19.9. The molecule has 3 aliphatic rings. The van der Waals surface area contributed by atoms with Crippen LogP contribution < -0.4 is 20.1 Å². The van der Waals surface area contributed by atoms with Crippen molar-refractivity contribution < 1.29 is 35.9 Å². The van der Waals surface area contributed by atoms with Crippen molar-refractivity contribution in [3.63, 3.8) is 0 Å². The van der Waals surface area contributed by atoms with Crippen molar-refractivity contribution in [3.8, 4) is 11.6 Å². The first kappa shape index (κ1) is 25.9. The highest BCUT2D eigenvalue weighted by Gasteiger charge is 2.42. The fourth-order valence-corrected chi connectivity index (χ4v) is 5.87. The van der Waals surface area contributed by atoms with E-state index in [-0.39, 0.29) is 41.3 Å². The number of sulfone groups is 1. The average Bonchev–Trinajstić information content (AvgIpc) is 3.12. The third-order valence-corrected chi connectivity index (χ3v) is 8.92. The summed E-state index contributed by atoms with van der Waals surface area (Å²) in [5.74, 6) is -1.30. The Hall–Kier alpha value is -3.22. The van der Waals surface area contributed by atoms with Gasteiger partial charge in [0.25, 0.3) is 18.2 Å². The second kappa shape index (κ2) is 9.68. The maximum atomic E-state index is 13.5. The van der Waals surface area contributed by atoms with Crippen LogP contribution >= 0.6 is 0 Å². The number of halogens is 3. The van der Waals surface area contributed by atoms with E-state index in [1.807, 2.05) is 0 Å². The highest BCUT2D eigenvalue weighted by molar-refractivity contribution is 7.92. The number of allylic oxidation sites excluding steroid dienone is 2. The summed E-state index contributed by atoms with van der Waals surface area (Å²) in [5, 5.41) is 6.05. The van der Waals surface area contributed by atoms with Gasteiger partial charge >= 0.3 is 0 Å². The third-order valence-electron chi connectivity index (χ3n) is 6.29. The number of ether oxygens (including phenoxy) is 2. The van der Waals surface area contributed by atoms with E-state index in [1.54, 1.807) is 44.0 Å². The van der Waals surface area contributed by atoms with Gasteiger partial charge in [-0.05, 0) is 45.8 Å². The molecule has 36 heavy (non-hydrogen) atoms. The Kier molecular flexibility index (Phi) is 6.95. The van der Waals surface area contributed by atoms with E-state index >= 15 is 0 Å². The van der Waals surface area contributed by atoms with Crippen LogP contribution in [0.4, 0.5) is 13.2 Å². The number of nitrogens with one attached hydrogen (secondary N) is 2. The number of hydrogen-bond donors (Lipinski definition) is 2. The number of hydrogen-bond acceptors (Lipinski definition) is 8. The summed E-state index contributed by atoms with van der Waals surface area (Å²) in [7, 11) is -3.21. The second-order valence-corrected chi connectivity index (χ2v) is 12.1. The number of nitrogens with zero attached hydrogens (tertiary/aromatic N) is 2. The van der Waals surface area contributed by atoms with Crippen LogP contribution in [-0.4, -0.2) is 59.9 Å². The molecule has 1 fully saturated rings. The van der Waals surface area contributed by atoms with Crippen molar-refractivity contribution in [1.29, 1.82) is 0 Å². The predicted molar refractivity (Wildman–Crippen MR) is 124 cm³/mol. The molecule has 9 nitrogen and oxygen atoms in total. The van der Waals surface area contributed by atoms with Gasteiger partial charge in [0.15, 0.2) is 15.6 Å². The molecule has 0 spiro atoms. The van der Waals surface area contributed by atoms with Crippen LogP contribution in [0.15, 0.2) is 47.8 Å². The summed E-state index contributed by atoms with van der Waals surface area (Å²) in [4.78, 5) is 18.5. The van der Waals surface area contributed by atoms with E-state index in [0.717, 1.165) is 12.3 Å². The van der Waals surface area contributed by atoms with Crippen LogP contribution in [0, 0.1) is 5.82 Å². The number of pyridine rings is 1. The van der Waals surface area contributed by atoms with Crippen molar-refractivity contribution >= 4 is 15.7 Å². The first-order chi connectivity index (χ1) is 16.9. The summed E-state index contributed by atoms with van der Waals surface area (Å²) in [6.45, 7) is 4.11. The standard InChI is InChI=1S/C23H27F3N4O5S/c1-13-20(21(31)28-15-6-7-36(32,33)23(2,3)9-15)29-19-5-4-16(11-30(13)19)35-22-17(34-12-18(25)26)8-14(24)10-27-22/h4-5,8,10-11,15,18-19,29H,6-7,9,12H2,1-3H3,(H,28,31). The van der Waals surface area contributed by atoms with Crippen molar-refractivity contribution in [3.05, 3.63) is 53.6 Å². The lowest BCUT2D eigenvalue weighted by Crippen LogP contribution is -2.50. The van der Waals surface area contributed by atoms with Crippen molar-refractivity contribution in [1.82, 2.24) is 20.5 Å². The first-order valence-electron chi connectivity index (χ1n) is 11.3. The highest BCUT2D eigenvalue weighted by atomic mass is 32.2. The van der Waals surface area contributed by atoms with Gasteiger partial charge in [0, 0.05) is 24.0 Å². The topological polar surface area (TPSA) is 110 Å². The molecule has 0 bridgehead atoms. The van der Waals surface area contributed by atoms with Gasteiger partial charge in [-0.3, -0.25) is 4.79 Å². The Morgan fingerprint density at radius 2 is 2.14 bits per heavy atom. The highest BCUT2D eigenvalue weighted by Crippen LogP contribution is 2.32. The van der Waals surface area contributed by atoms with Gasteiger partial charge in [0.1, 0.15) is 30.0 Å². The van der Waals surface area contributed by atoms with E-state index in [1.165, 1.54) is 0 Å². The minimum absolute atomic E-state index is 0.0117. The number of aromatic nitrogens is 1. The van der Waals surface area contributed by atoms with Crippen LogP contribution in [0.2, 0.25) is 0 Å². The van der Waals surface area contributed by atoms with E-state index in [2.05, 4.69) is 15.6 Å². The molecule has 4 heterocycles. The lowest BCUT2D eigenvalue weighted by molar-refractivity contribution is -0.118. The Labute approximate surface area is 207 Å². The van der Waals surface area contributed by atoms with Crippen LogP contribution in [0.1, 0.15) is 33.6 Å². The van der Waals surface area contributed by atoms with Crippen molar-refractivity contribution in [2.24, 2.45) is 0 Å². The van der Waals surface area contributed by atoms with Gasteiger partial charge in [-0.25, -0.2) is 26.6 Å². The summed E-state index contributed by atoms with van der Waals surface area (Å²) < 4.78 is 72.8. The van der Waals surface area contributed by atoms with Crippen LogP contribution in [0.5, 0.6) is 11.6 Å². The molecular weight excluding hydrogens is 501 g/mol. The first-order valence-corrected chi connectivity index (χ1v) is 12.9. The zero-order valence-corrected chi connectivity index (χ0v) is 20.7. The minimum atomic E-state index is -3.21. The number of rotatable bonds is 7. The average molecular weight is 529 g/mol. The lowest BCUT2D eigenvalue weighted by atomic mass is 10.00. The molecule has 1 amide bonds. The SMILES string of the molecule is CC1=C(C(=O)NC2CCS(=O)(=O)C(C)(C)C2)NC2C=CC(Oc3ncc(F)cc3OCC(F)F)=CN12. The summed E-state index contributed by atoms with van der Waals surface area (Å²) in [5.41, 5.74) is 0.918. The maximum Gasteiger partial charge on any atom is 0.272 e. The van der Waals surface area contributed by atoms with Gasteiger partial charge in [-0.15, -0.1) is 0 Å². The van der Waals surface area contributed by atoms with E-state index in [9.17, 15) is 26.4 Å². The van der Waals surface area contributed by atoms with Gasteiger partial charge < -0.3 is 25.0 Å². The molecule has 0 aromatic carbocycles. The molecule has 0 aliphatic carbocycles. The van der Waals surface area contributed by atoms with Crippen LogP contribution in [0.25, 0.3) is 0 Å². The molecule has 1 saturated heterocycles. The van der Waals surface area contributed by atoms with E-state index < -0.39 is 33.4 Å². The normalized spacial score (nSPS) is 24.2. The number of alkyl halides is 2. The number of carbonyl (C=O) groups excluding carboxylic acids is 1. The molecule has 1 aromatic rings. The predicted octanol–water partition coefficient (Wildman–Crippen LogP) is 2.59. The van der Waals surface area contributed by atoms with E-state index in [0.29, 0.717) is 24.2 Å². The molecule has 4 rings (SSSR count). The molecule has 1 aromatic heterocycles. The Balaban J connectivity index is 1.47. The molecule has 0 saturated carbocycles. The molecule has 3 aliphatic heterocycles. The van der Waals surface area contributed by atoms with Crippen molar-refractivity contribution in [2.75, 3.05) is 12.4 Å². The Bertz CT molecular complexity index is 1250. The van der Waals surface area contributed by atoms with Crippen LogP contribution in [0.3, 0.4) is 0 Å². The van der Waals surface area contributed by atoms with Crippen molar-refractivity contribution in [2.45, 2.75) is 57.0 Å². The van der Waals surface area contributed by atoms with Gasteiger partial charge in [-0.1, -0.05) is 0 Å². The fraction of sp³-hybridized carbons (Fsp3) is 0.478. The van der Waals surface area contributed by atoms with Gasteiger partial charge in [-0.2, -0.15) is 0 Å². The number of carbonyl (C=O) groups is 1. The largest absolute Gasteiger partial charge is 0.482 e. The molecule has 2 N–H and O–H groups in total. The summed E-state index contributed by atoms with van der Waals surface area (Å²) >= 11 is 0. The van der Waals surface area contributed by atoms with Crippen LogP contribution in [-0.2, 0) is 14.6 Å². The summed E-state index contributed by atoms with van der Waals surface area (Å²) in [6.07, 6.45) is 3.31. The van der Waals surface area contributed by atoms with E-state index in [4.69, 9.17) is 9.47 Å². The van der Waals surface area contributed by atoms with Gasteiger partial charge in [0.2, 0.25) is 0 Å². The zero-order chi connectivity index (χ0) is 26.3. The molecule has 2 atom stereocenters. The Morgan fingerprint density at radius 1 is 1.39 bits per heavy atom. The quantitative estimate of drug-likeness (QED) is 0.556. The fourth-order valence-electron chi connectivity index (χ4n) is 4.26. The molecule has 13 heteroatoms. The second-order valence-electron chi connectivity index (χ2n) is 9.35. The molecule has 196 valence electrons. The Morgan fingerprint density at radius 3 is 2.83 bits per heavy atom. The minimum Gasteiger partial charge on any atom is -0.482 e. The summed E-state index contributed by atoms with van der Waals surface area (Å²) in [6, 6.07) is 0.626. The number of fused-ring (bicyclic) bond motifs is 1. The monoisotopic (exact) mass is 528 g/mol. The molecule has 2 unspecified atom stereocenters. The third kappa shape index (κ3) is 5.30. The lowest BCUT2D eigenvalue weighted by Gasteiger charge is -2.35. The van der Waals surface area contributed by atoms with Gasteiger partial charge in [0.05, 0.1) is 16.7 Å². The molecular formula is C23H27F3N4O5S. The molecule has 0 radical (unpaired) electrons. The maximum absolute atomic E-state index is 13.5.